The molecule has 17 heteroatoms. The Morgan fingerprint density at radius 3 is 2.18 bits per heavy atom. The third kappa shape index (κ3) is 8.49. The first kappa shape index (κ1) is 46.3. The van der Waals surface area contributed by atoms with Crippen molar-refractivity contribution < 1.29 is 65.4 Å². The Morgan fingerprint density at radius 1 is 1.00 bits per heavy atom. The Hall–Kier alpha value is -4.25. The van der Waals surface area contributed by atoms with E-state index in [-0.39, 0.29) is 103 Å². The summed E-state index contributed by atoms with van der Waals surface area (Å²) >= 11 is 0. The number of hydrogen-bond donors (Lipinski definition) is 2. The van der Waals surface area contributed by atoms with Crippen LogP contribution in [0.1, 0.15) is 71.6 Å². The first-order valence-corrected chi connectivity index (χ1v) is 24.5. The van der Waals surface area contributed by atoms with E-state index in [0.717, 1.165) is 11.6 Å². The number of aliphatic hydroxyl groups is 1. The minimum atomic E-state index is -4.07. The zero-order chi connectivity index (χ0) is 43.4. The van der Waals surface area contributed by atoms with Gasteiger partial charge in [-0.2, -0.15) is 7.05 Å². The summed E-state index contributed by atoms with van der Waals surface area (Å²) in [6, 6.07) is 18.7. The zero-order valence-corrected chi connectivity index (χ0v) is 39.1. The number of carbonyl (C=O) groups excluding carboxylic acids is 2. The van der Waals surface area contributed by atoms with E-state index in [1.165, 1.54) is 7.05 Å². The van der Waals surface area contributed by atoms with E-state index in [4.69, 9.17) is 18.4 Å². The van der Waals surface area contributed by atoms with Crippen LogP contribution in [-0.2, 0) is 58.4 Å². The van der Waals surface area contributed by atoms with E-state index in [0.29, 0.717) is 5.56 Å². The fraction of sp³-hybridized carbons (Fsp3) is 0.432. The molecule has 0 saturated heterocycles. The molecular weight excluding hydrogens is 909 g/mol. The van der Waals surface area contributed by atoms with Crippen LogP contribution in [0.4, 0.5) is 10.1 Å². The summed E-state index contributed by atoms with van der Waals surface area (Å²) in [6.07, 6.45) is 0.0497. The van der Waals surface area contributed by atoms with Gasteiger partial charge in [-0.1, -0.05) is 81.4 Å². The molecule has 3 aliphatic carbocycles. The molecule has 2 N–H and O–H groups in total. The largest absolute Gasteiger partial charge is 1.00 e. The Balaban J connectivity index is 0.00000622. The number of aliphatic hydroxyl groups excluding tert-OH is 1. The Labute approximate surface area is 370 Å². The zero-order valence-electron chi connectivity index (χ0n) is 35.5. The van der Waals surface area contributed by atoms with Crippen molar-refractivity contribution >= 4 is 41.4 Å². The normalized spacial score (nSPS) is 21.2. The number of nitrogens with one attached hydrogen (secondary N) is 1. The second-order valence-corrected chi connectivity index (χ2v) is 24.1. The molecule has 4 atom stereocenters. The average molecular weight is 961 g/mol. The molecule has 0 unspecified atom stereocenters. The second kappa shape index (κ2) is 17.5. The van der Waals surface area contributed by atoms with Crippen LogP contribution in [0.2, 0.25) is 18.1 Å². The molecule has 3 aliphatic rings. The SMILES string of the molecule is C[N-]CCS(=O)(=O)Nc1cc(F)c2c(c1OCc1ccccc1)C(O)=C1C(=O)[C@]3(O[Si](C)(C)C(C)(C)C)C(=O)c4c(OCc5ccccc5)noc4[C@@H](N(C)C)[C@@H]3C[C@@H]1C2.[Ru+]. The van der Waals surface area contributed by atoms with Crippen LogP contribution in [-0.4, -0.2) is 82.5 Å². The molecule has 0 bridgehead atoms. The van der Waals surface area contributed by atoms with Gasteiger partial charge < -0.3 is 28.8 Å². The Bertz CT molecular complexity index is 2440. The smallest absolute Gasteiger partial charge is 0.664 e. The first-order valence-electron chi connectivity index (χ1n) is 20.0. The number of sulfonamides is 1. The molecule has 7 rings (SSSR count). The van der Waals surface area contributed by atoms with Gasteiger partial charge in [-0.15, -0.1) is 6.54 Å². The number of nitrogens with zero attached hydrogens (tertiary/aromatic N) is 3. The Morgan fingerprint density at radius 2 is 1.61 bits per heavy atom. The summed E-state index contributed by atoms with van der Waals surface area (Å²) in [7, 11) is -2.01. The van der Waals surface area contributed by atoms with Crippen molar-refractivity contribution in [3.05, 3.63) is 117 Å². The van der Waals surface area contributed by atoms with Crippen LogP contribution < -0.4 is 14.2 Å². The van der Waals surface area contributed by atoms with E-state index in [9.17, 15) is 13.5 Å². The maximum Gasteiger partial charge on any atom is 1.00 e. The van der Waals surface area contributed by atoms with Gasteiger partial charge in [0.2, 0.25) is 21.6 Å². The van der Waals surface area contributed by atoms with Gasteiger partial charge in [0, 0.05) is 23.1 Å². The van der Waals surface area contributed by atoms with Crippen LogP contribution in [0.15, 0.2) is 76.8 Å². The molecule has 0 spiro atoms. The van der Waals surface area contributed by atoms with Crippen molar-refractivity contribution in [2.45, 2.75) is 76.6 Å². The van der Waals surface area contributed by atoms with Crippen LogP contribution in [0, 0.1) is 17.7 Å². The molecule has 0 aliphatic heterocycles. The number of carbonyl (C=O) groups is 2. The predicted molar refractivity (Wildman–Crippen MR) is 228 cm³/mol. The molecule has 1 fully saturated rings. The first-order chi connectivity index (χ1) is 28.3. The number of ether oxygens (including phenoxy) is 2. The second-order valence-electron chi connectivity index (χ2n) is 17.5. The van der Waals surface area contributed by atoms with Crippen LogP contribution in [0.5, 0.6) is 11.6 Å². The van der Waals surface area contributed by atoms with Gasteiger partial charge in [0.1, 0.15) is 30.4 Å². The van der Waals surface area contributed by atoms with E-state index < -0.39 is 70.0 Å². The molecule has 327 valence electrons. The fourth-order valence-corrected chi connectivity index (χ4v) is 10.8. The van der Waals surface area contributed by atoms with Crippen molar-refractivity contribution in [1.82, 2.24) is 10.1 Å². The number of hydrogen-bond acceptors (Lipinski definition) is 11. The molecule has 4 aromatic rings. The van der Waals surface area contributed by atoms with E-state index in [1.54, 1.807) is 24.3 Å². The molecule has 1 saturated carbocycles. The topological polar surface area (TPSA) is 172 Å². The monoisotopic (exact) mass is 961 g/mol. The van der Waals surface area contributed by atoms with Crippen molar-refractivity contribution in [3.8, 4) is 11.6 Å². The molecule has 0 amide bonds. The van der Waals surface area contributed by atoms with Gasteiger partial charge in [0.05, 0.1) is 23.0 Å². The van der Waals surface area contributed by atoms with Gasteiger partial charge in [-0.3, -0.25) is 19.2 Å². The maximum atomic E-state index is 16.5. The summed E-state index contributed by atoms with van der Waals surface area (Å²) in [5.74, 6) is -4.92. The number of anilines is 1. The number of fused-ring (bicyclic) bond motifs is 4. The summed E-state index contributed by atoms with van der Waals surface area (Å²) < 4.78 is 71.0. The van der Waals surface area contributed by atoms with Crippen molar-refractivity contribution in [1.29, 1.82) is 0 Å². The summed E-state index contributed by atoms with van der Waals surface area (Å²) in [6.45, 7) is 9.87. The molecule has 1 radical (unpaired) electrons. The van der Waals surface area contributed by atoms with E-state index in [1.807, 2.05) is 89.3 Å². The third-order valence-corrected chi connectivity index (χ3v) is 18.0. The molecule has 1 aromatic heterocycles. The summed E-state index contributed by atoms with van der Waals surface area (Å²) in [4.78, 5) is 33.3. The number of benzene rings is 3. The average Bonchev–Trinajstić information content (AvgIpc) is 3.61. The number of ketones is 2. The van der Waals surface area contributed by atoms with Gasteiger partial charge >= 0.3 is 19.5 Å². The minimum absolute atomic E-state index is 0. The van der Waals surface area contributed by atoms with Crippen LogP contribution >= 0.6 is 0 Å². The van der Waals surface area contributed by atoms with Crippen LogP contribution in [0.25, 0.3) is 11.1 Å². The van der Waals surface area contributed by atoms with Gasteiger partial charge in [-0.05, 0) is 67.3 Å². The number of rotatable bonds is 14. The van der Waals surface area contributed by atoms with E-state index >= 15 is 14.0 Å². The minimum Gasteiger partial charge on any atom is -0.664 e. The predicted octanol–water partition coefficient (Wildman–Crippen LogP) is 8.00. The van der Waals surface area contributed by atoms with Crippen molar-refractivity contribution in [2.75, 3.05) is 38.2 Å². The summed E-state index contributed by atoms with van der Waals surface area (Å²) in [5.41, 5.74) is -1.18. The summed E-state index contributed by atoms with van der Waals surface area (Å²) in [5, 5.41) is 20.2. The van der Waals surface area contributed by atoms with Gasteiger partial charge in [0.25, 0.3) is 5.88 Å². The van der Waals surface area contributed by atoms with Gasteiger partial charge in [-0.25, -0.2) is 12.8 Å². The van der Waals surface area contributed by atoms with Crippen molar-refractivity contribution in [2.24, 2.45) is 11.8 Å². The third-order valence-electron chi connectivity index (χ3n) is 12.3. The fourth-order valence-electron chi connectivity index (χ4n) is 8.35. The Kier molecular flexibility index (Phi) is 13.3. The number of Topliss-reactive ketones (excluding diaryl/α,β-unsaturated/α-hetero) is 2. The van der Waals surface area contributed by atoms with Gasteiger partial charge in [0.15, 0.2) is 25.4 Å². The molecule has 1 heterocycles. The quantitative estimate of drug-likeness (QED) is 0.0927. The van der Waals surface area contributed by atoms with Crippen LogP contribution in [0.3, 0.4) is 0 Å². The standard InChI is InChI=1S/C44H52FN4O9SSi.Ru/c1-43(2,3)60(7,8)58-44-30(36(49(5)6)39-35(41(44)52)42(47-57-39)56-25-27-17-13-10-14-18-27)22-28-21-29-31(45)23-32(48-59(53,54)20-19-46-4)38(34(29)37(50)33(28)40(44)51)55-24-26-15-11-9-12-16-26;/h9-18,23,28,30,36,48,50H,19-22,24-25H2,1-8H3;/q-1;+1/t28-,30-,36-,44-;/m0./s1. The number of aromatic nitrogens is 1. The van der Waals surface area contributed by atoms with E-state index in [2.05, 4.69) is 15.2 Å². The van der Waals surface area contributed by atoms with Crippen molar-refractivity contribution in [3.63, 3.8) is 0 Å². The molecular formula is C44H52FN4O9RuSSi. The number of halogens is 1. The molecule has 3 aromatic carbocycles. The molecule has 13 nitrogen and oxygen atoms in total. The molecule has 61 heavy (non-hydrogen) atoms. The maximum absolute atomic E-state index is 16.5.